The maximum atomic E-state index is 13.8. The van der Waals surface area contributed by atoms with Crippen molar-refractivity contribution in [2.75, 3.05) is 6.61 Å². The number of carbonyl (C=O) groups is 3. The number of nitrogens with zero attached hydrogens (tertiary/aromatic N) is 2. The highest BCUT2D eigenvalue weighted by Crippen LogP contribution is 2.43. The van der Waals surface area contributed by atoms with Gasteiger partial charge in [-0.1, -0.05) is 12.1 Å². The minimum atomic E-state index is -5.88. The van der Waals surface area contributed by atoms with Crippen molar-refractivity contribution in [2.45, 2.75) is 25.1 Å². The third-order valence-electron chi connectivity index (χ3n) is 7.25. The number of alkyl halides is 6. The maximum absolute atomic E-state index is 13.8. The summed E-state index contributed by atoms with van der Waals surface area (Å²) in [5.41, 5.74) is -3.97. The molecule has 0 aliphatic carbocycles. The molecular formula is C33H22F6N2O14. The Morgan fingerprint density at radius 1 is 0.673 bits per heavy atom. The number of ether oxygens (including phenoxy) is 3. The van der Waals surface area contributed by atoms with Gasteiger partial charge in [-0.15, -0.1) is 0 Å². The van der Waals surface area contributed by atoms with Crippen molar-refractivity contribution in [2.24, 2.45) is 5.92 Å². The van der Waals surface area contributed by atoms with Crippen LogP contribution in [0.1, 0.15) is 36.6 Å². The third kappa shape index (κ3) is 10.3. The highest BCUT2D eigenvalue weighted by atomic mass is 19.4. The average Bonchev–Trinajstić information content (AvgIpc) is 3.10. The second kappa shape index (κ2) is 16.8. The van der Waals surface area contributed by atoms with Crippen LogP contribution in [0.3, 0.4) is 0 Å². The van der Waals surface area contributed by atoms with Crippen molar-refractivity contribution in [1.82, 2.24) is 0 Å². The Labute approximate surface area is 302 Å². The van der Waals surface area contributed by atoms with Crippen LogP contribution >= 0.6 is 0 Å². The van der Waals surface area contributed by atoms with Crippen LogP contribution in [0.2, 0.25) is 0 Å². The lowest BCUT2D eigenvalue weighted by Crippen LogP contribution is -2.49. The lowest BCUT2D eigenvalue weighted by molar-refractivity contribution is -0.386. The molecule has 0 fully saturated rings. The number of hydrogen-bond donors (Lipinski definition) is 2. The van der Waals surface area contributed by atoms with Crippen LogP contribution in [0.4, 0.5) is 37.7 Å². The molecule has 0 spiro atoms. The Morgan fingerprint density at radius 3 is 1.69 bits per heavy atom. The second-order valence-corrected chi connectivity index (χ2v) is 10.8. The first-order chi connectivity index (χ1) is 25.8. The number of nitro benzene ring substituents is 2. The zero-order valence-corrected chi connectivity index (χ0v) is 27.1. The minimum Gasteiger partial charge on any atom is -0.490 e. The van der Waals surface area contributed by atoms with Gasteiger partial charge < -0.3 is 29.3 Å². The highest BCUT2D eigenvalue weighted by molar-refractivity contribution is 6.06. The molecule has 2 N–H and O–H groups in total. The van der Waals surface area contributed by atoms with Crippen LogP contribution in [0, 0.1) is 26.1 Å². The summed E-state index contributed by atoms with van der Waals surface area (Å²) in [4.78, 5) is 66.3. The van der Waals surface area contributed by atoms with Crippen LogP contribution in [-0.2, 0) is 11.5 Å². The molecule has 16 nitrogen and oxygen atoms in total. The standard InChI is InChI=1S/C33H22F6N2O14/c34-32(35,36)28(33(37,38)39)26(53-18-11-13-20(14-12-18)55-52-15-23-21(29(42)43)3-1-5-24(23)40(47)48)16-51-17-7-9-19(10-8-17)54-31(46)27-22(30(44)45)4-2-6-25(27)41(49)50/h1-14,26,28H,15-16H2,(H,42,43)(H,44,45). The predicted molar refractivity (Wildman–Crippen MR) is 169 cm³/mol. The maximum Gasteiger partial charge on any atom is 0.404 e. The number of carboxylic acids is 2. The predicted octanol–water partition coefficient (Wildman–Crippen LogP) is 7.20. The number of halogens is 6. The molecule has 1 unspecified atom stereocenters. The van der Waals surface area contributed by atoms with E-state index in [4.69, 9.17) is 24.0 Å². The molecule has 55 heavy (non-hydrogen) atoms. The zero-order valence-electron chi connectivity index (χ0n) is 27.1. The number of benzene rings is 4. The molecule has 1 atom stereocenters. The van der Waals surface area contributed by atoms with Gasteiger partial charge in [0.05, 0.1) is 26.5 Å². The number of aromatic carboxylic acids is 2. The fraction of sp³-hybridized carbons (Fsp3) is 0.182. The van der Waals surface area contributed by atoms with Crippen LogP contribution in [-0.4, -0.2) is 63.0 Å². The van der Waals surface area contributed by atoms with Gasteiger partial charge in [0.1, 0.15) is 30.5 Å². The van der Waals surface area contributed by atoms with Gasteiger partial charge in [-0.05, 0) is 60.7 Å². The molecule has 4 aromatic carbocycles. The lowest BCUT2D eigenvalue weighted by Gasteiger charge is -2.31. The van der Waals surface area contributed by atoms with Crippen molar-refractivity contribution in [3.63, 3.8) is 0 Å². The SMILES string of the molecule is O=C(O)c1cccc([N+](=O)[O-])c1COOc1ccc(OC(COc2ccc(OC(=O)c3c(C(=O)O)cccc3[N+](=O)[O-])cc2)C(C(F)(F)F)C(F)(F)F)cc1. The van der Waals surface area contributed by atoms with E-state index in [1.54, 1.807) is 0 Å². The highest BCUT2D eigenvalue weighted by Gasteiger charge is 2.61. The Balaban J connectivity index is 1.47. The third-order valence-corrected chi connectivity index (χ3v) is 7.25. The van der Waals surface area contributed by atoms with Gasteiger partial charge in [0.15, 0.2) is 23.3 Å². The number of hydrogen-bond acceptors (Lipinski definition) is 12. The smallest absolute Gasteiger partial charge is 0.404 e. The summed E-state index contributed by atoms with van der Waals surface area (Å²) >= 11 is 0. The number of carbonyl (C=O) groups excluding carboxylic acids is 1. The van der Waals surface area contributed by atoms with E-state index in [-0.39, 0.29) is 22.8 Å². The number of esters is 1. The number of nitro groups is 2. The van der Waals surface area contributed by atoms with E-state index in [0.29, 0.717) is 0 Å². The lowest BCUT2D eigenvalue weighted by atomic mass is 10.0. The van der Waals surface area contributed by atoms with E-state index in [2.05, 4.69) is 0 Å². The van der Waals surface area contributed by atoms with Gasteiger partial charge in [0.25, 0.3) is 11.4 Å². The van der Waals surface area contributed by atoms with E-state index in [9.17, 15) is 71.2 Å². The van der Waals surface area contributed by atoms with Crippen molar-refractivity contribution < 1.29 is 84.8 Å². The first-order valence-corrected chi connectivity index (χ1v) is 14.9. The Bertz CT molecular complexity index is 1990. The molecule has 4 aromatic rings. The Hall–Kier alpha value is -6.97. The van der Waals surface area contributed by atoms with E-state index in [1.807, 2.05) is 0 Å². The molecular weight excluding hydrogens is 762 g/mol. The second-order valence-electron chi connectivity index (χ2n) is 10.8. The van der Waals surface area contributed by atoms with Crippen LogP contribution in [0.25, 0.3) is 0 Å². The number of carboxylic acid groups (broad SMARTS) is 2. The molecule has 0 amide bonds. The molecule has 0 bridgehead atoms. The van der Waals surface area contributed by atoms with Crippen LogP contribution in [0.15, 0.2) is 84.9 Å². The first-order valence-electron chi connectivity index (χ1n) is 14.9. The molecule has 0 aliphatic heterocycles. The molecule has 22 heteroatoms. The summed E-state index contributed by atoms with van der Waals surface area (Å²) < 4.78 is 97.8. The molecule has 0 saturated carbocycles. The number of rotatable bonds is 16. The van der Waals surface area contributed by atoms with Gasteiger partial charge in [0.2, 0.25) is 0 Å². The molecule has 4 rings (SSSR count). The zero-order chi connectivity index (χ0) is 40.7. The van der Waals surface area contributed by atoms with Crippen molar-refractivity contribution in [3.8, 4) is 23.0 Å². The van der Waals surface area contributed by atoms with Crippen LogP contribution in [0.5, 0.6) is 23.0 Å². The summed E-state index contributed by atoms with van der Waals surface area (Å²) in [7, 11) is 0. The first kappa shape index (κ1) is 40.8. The van der Waals surface area contributed by atoms with Gasteiger partial charge in [0, 0.05) is 12.1 Å². The largest absolute Gasteiger partial charge is 0.490 e. The summed E-state index contributed by atoms with van der Waals surface area (Å²) in [6.45, 7) is -2.11. The molecule has 0 radical (unpaired) electrons. The molecule has 0 heterocycles. The van der Waals surface area contributed by atoms with E-state index < -0.39 is 99.2 Å². The minimum absolute atomic E-state index is 0.222. The van der Waals surface area contributed by atoms with Gasteiger partial charge >= 0.3 is 30.3 Å². The average molecular weight is 785 g/mol. The Kier molecular flexibility index (Phi) is 12.5. The topological polar surface area (TPSA) is 224 Å². The van der Waals surface area contributed by atoms with Gasteiger partial charge in [-0.2, -0.15) is 31.2 Å². The van der Waals surface area contributed by atoms with Crippen LogP contribution < -0.4 is 19.1 Å². The van der Waals surface area contributed by atoms with Gasteiger partial charge in [-0.25, -0.2) is 14.4 Å². The molecule has 0 aromatic heterocycles. The fourth-order valence-electron chi connectivity index (χ4n) is 4.83. The molecule has 290 valence electrons. The van der Waals surface area contributed by atoms with Crippen molar-refractivity contribution in [3.05, 3.63) is 127 Å². The normalized spacial score (nSPS) is 12.1. The van der Waals surface area contributed by atoms with Crippen molar-refractivity contribution in [1.29, 1.82) is 0 Å². The fourth-order valence-corrected chi connectivity index (χ4v) is 4.83. The molecule has 0 aliphatic rings. The summed E-state index contributed by atoms with van der Waals surface area (Å²) in [5.74, 6) is -10.2. The summed E-state index contributed by atoms with van der Waals surface area (Å²) in [5, 5.41) is 41.3. The monoisotopic (exact) mass is 784 g/mol. The van der Waals surface area contributed by atoms with Crippen molar-refractivity contribution >= 4 is 29.3 Å². The van der Waals surface area contributed by atoms with E-state index in [1.165, 1.54) is 0 Å². The summed E-state index contributed by atoms with van der Waals surface area (Å²) in [6, 6.07) is 13.6. The molecule has 0 saturated heterocycles. The van der Waals surface area contributed by atoms with E-state index in [0.717, 1.165) is 84.9 Å². The summed E-state index contributed by atoms with van der Waals surface area (Å²) in [6.07, 6.45) is -14.5. The van der Waals surface area contributed by atoms with Gasteiger partial charge in [-0.3, -0.25) is 20.2 Å². The van der Waals surface area contributed by atoms with E-state index >= 15 is 0 Å². The quantitative estimate of drug-likeness (QED) is 0.0286. The Morgan fingerprint density at radius 2 is 1.16 bits per heavy atom.